The third kappa shape index (κ3) is 18.3. The Labute approximate surface area is 339 Å². The standard InChI is InChI=1S/2C10H20N2OS.C9H18N2OS.C8H16N2OS/c1-10(2,3)12-5-6-14-7-8(11-4)9(12)13;1-8(2)6-12-4-5-14-7-9(11-3)10(12)13;1-3-4-11-5-6-13-7-8(10-2)9(11)12;1-3-10-4-5-12-6-7(9-2)8(10)11/h8,11H,5-7H2,1-4H3;8-9,11H,4-7H2,1-3H3;8,10H,3-7H2,1-2H3;7,9H,3-6H2,1-2H3. The van der Waals surface area contributed by atoms with E-state index in [0.29, 0.717) is 5.92 Å². The van der Waals surface area contributed by atoms with Crippen molar-refractivity contribution in [1.82, 2.24) is 40.9 Å². The lowest BCUT2D eigenvalue weighted by Gasteiger charge is -2.36. The van der Waals surface area contributed by atoms with Crippen LogP contribution in [0.25, 0.3) is 0 Å². The Morgan fingerprint density at radius 1 is 0.585 bits per heavy atom. The van der Waals surface area contributed by atoms with Gasteiger partial charge in [-0.05, 0) is 68.2 Å². The average Bonchev–Trinajstić information content (AvgIpc) is 3.59. The van der Waals surface area contributed by atoms with Crippen molar-refractivity contribution in [3.8, 4) is 0 Å². The Bertz CT molecular complexity index is 1050. The molecule has 0 aromatic heterocycles. The van der Waals surface area contributed by atoms with Gasteiger partial charge < -0.3 is 40.9 Å². The fourth-order valence-corrected chi connectivity index (χ4v) is 10.2. The van der Waals surface area contributed by atoms with Crippen LogP contribution in [0.4, 0.5) is 0 Å². The van der Waals surface area contributed by atoms with Crippen LogP contribution in [0, 0.1) is 5.92 Å². The van der Waals surface area contributed by atoms with Gasteiger partial charge in [-0.1, -0.05) is 20.8 Å². The zero-order chi connectivity index (χ0) is 40.0. The van der Waals surface area contributed by atoms with Gasteiger partial charge in [-0.25, -0.2) is 0 Å². The Balaban J connectivity index is 0.000000354. The molecule has 53 heavy (non-hydrogen) atoms. The van der Waals surface area contributed by atoms with Crippen LogP contribution in [0.1, 0.15) is 54.9 Å². The summed E-state index contributed by atoms with van der Waals surface area (Å²) < 4.78 is 0. The van der Waals surface area contributed by atoms with Gasteiger partial charge in [-0.2, -0.15) is 47.0 Å². The monoisotopic (exact) mass is 822 g/mol. The van der Waals surface area contributed by atoms with Gasteiger partial charge in [0.25, 0.3) is 0 Å². The van der Waals surface area contributed by atoms with E-state index < -0.39 is 0 Å². The van der Waals surface area contributed by atoms with Gasteiger partial charge in [0.05, 0.1) is 24.2 Å². The Kier molecular flexibility index (Phi) is 26.2. The molecule has 310 valence electrons. The first-order chi connectivity index (χ1) is 25.2. The van der Waals surface area contributed by atoms with Crippen LogP contribution in [0.5, 0.6) is 0 Å². The van der Waals surface area contributed by atoms with E-state index in [4.69, 9.17) is 0 Å². The Morgan fingerprint density at radius 3 is 1.32 bits per heavy atom. The number of rotatable bonds is 9. The van der Waals surface area contributed by atoms with Gasteiger partial charge in [0, 0.05) is 97.4 Å². The Hall–Kier alpha value is -0.880. The molecule has 4 rings (SSSR count). The van der Waals surface area contributed by atoms with Crippen LogP contribution in [0.15, 0.2) is 0 Å². The third-order valence-electron chi connectivity index (χ3n) is 9.17. The number of nitrogens with one attached hydrogen (secondary N) is 4. The summed E-state index contributed by atoms with van der Waals surface area (Å²) >= 11 is 7.41. The molecule has 0 aromatic rings. The molecule has 4 aliphatic heterocycles. The minimum Gasteiger partial charge on any atom is -0.341 e. The third-order valence-corrected chi connectivity index (χ3v) is 13.3. The largest absolute Gasteiger partial charge is 0.341 e. The molecule has 0 aromatic carbocycles. The highest BCUT2D eigenvalue weighted by Gasteiger charge is 2.33. The normalized spacial score (nSPS) is 24.8. The van der Waals surface area contributed by atoms with Crippen LogP contribution in [-0.2, 0) is 19.2 Å². The van der Waals surface area contributed by atoms with E-state index in [1.165, 1.54) is 0 Å². The molecule has 12 nitrogen and oxygen atoms in total. The van der Waals surface area contributed by atoms with Crippen molar-refractivity contribution in [2.45, 2.75) is 84.6 Å². The van der Waals surface area contributed by atoms with Crippen LogP contribution >= 0.6 is 47.0 Å². The molecule has 0 aliphatic carbocycles. The summed E-state index contributed by atoms with van der Waals surface area (Å²) in [6.45, 7) is 20.9. The van der Waals surface area contributed by atoms with E-state index >= 15 is 0 Å². The number of hydrogen-bond donors (Lipinski definition) is 4. The average molecular weight is 823 g/mol. The van der Waals surface area contributed by atoms with Crippen molar-refractivity contribution in [3.63, 3.8) is 0 Å². The topological polar surface area (TPSA) is 129 Å². The summed E-state index contributed by atoms with van der Waals surface area (Å²) in [5, 5.41) is 12.3. The quantitative estimate of drug-likeness (QED) is 0.273. The van der Waals surface area contributed by atoms with Gasteiger partial charge in [0.1, 0.15) is 0 Å². The zero-order valence-corrected chi connectivity index (χ0v) is 38.0. The summed E-state index contributed by atoms with van der Waals surface area (Å²) in [5.74, 6) is 9.46. The molecule has 16 heteroatoms. The molecule has 0 bridgehead atoms. The van der Waals surface area contributed by atoms with Gasteiger partial charge >= 0.3 is 0 Å². The van der Waals surface area contributed by atoms with Gasteiger partial charge in [0.2, 0.25) is 23.6 Å². The van der Waals surface area contributed by atoms with Crippen LogP contribution < -0.4 is 21.3 Å². The number of carbonyl (C=O) groups excluding carboxylic acids is 4. The molecular weight excluding hydrogens is 749 g/mol. The number of amides is 4. The minimum atomic E-state index is -0.0584. The van der Waals surface area contributed by atoms with Crippen molar-refractivity contribution in [3.05, 3.63) is 0 Å². The zero-order valence-electron chi connectivity index (χ0n) is 34.8. The maximum Gasteiger partial charge on any atom is 0.241 e. The number of nitrogens with zero attached hydrogens (tertiary/aromatic N) is 4. The van der Waals surface area contributed by atoms with Crippen LogP contribution in [0.2, 0.25) is 0 Å². The SMILES string of the molecule is CCCN1CCSCC(NC)C1=O.CCN1CCSCC(NC)C1=O.CNC1CSCCN(C(C)(C)C)C1=O.CNC1CSCCN(CC(C)C)C1=O. The summed E-state index contributed by atoms with van der Waals surface area (Å²) in [4.78, 5) is 55.4. The molecule has 4 heterocycles. The molecule has 4 atom stereocenters. The summed E-state index contributed by atoms with van der Waals surface area (Å²) in [7, 11) is 7.43. The number of thioether (sulfide) groups is 4. The van der Waals surface area contributed by atoms with Crippen molar-refractivity contribution in [1.29, 1.82) is 0 Å². The molecule has 4 unspecified atom stereocenters. The lowest BCUT2D eigenvalue weighted by atomic mass is 10.0. The van der Waals surface area contributed by atoms with E-state index in [2.05, 4.69) is 62.8 Å². The van der Waals surface area contributed by atoms with Crippen LogP contribution in [0.3, 0.4) is 0 Å². The maximum absolute atomic E-state index is 12.1. The summed E-state index contributed by atoms with van der Waals surface area (Å²) in [6, 6.07) is 0.0551. The van der Waals surface area contributed by atoms with Gasteiger partial charge in [-0.15, -0.1) is 0 Å². The molecule has 4 aliphatic rings. The molecule has 4 fully saturated rings. The fraction of sp³-hybridized carbons (Fsp3) is 0.892. The van der Waals surface area contributed by atoms with E-state index in [0.717, 1.165) is 98.3 Å². The van der Waals surface area contributed by atoms with Gasteiger partial charge in [-0.3, -0.25) is 19.2 Å². The van der Waals surface area contributed by atoms with Crippen molar-refractivity contribution in [2.75, 3.05) is 120 Å². The minimum absolute atomic E-state index is 0.0123. The van der Waals surface area contributed by atoms with E-state index in [1.807, 2.05) is 102 Å². The molecule has 4 N–H and O–H groups in total. The summed E-state index contributed by atoms with van der Waals surface area (Å²) in [5.41, 5.74) is -0.0584. The van der Waals surface area contributed by atoms with Gasteiger partial charge in [0.15, 0.2) is 0 Å². The molecular formula is C37H74N8O4S4. The van der Waals surface area contributed by atoms with Crippen LogP contribution in [-0.4, -0.2) is 193 Å². The second-order valence-electron chi connectivity index (χ2n) is 14.7. The number of hydrogen-bond acceptors (Lipinski definition) is 12. The van der Waals surface area contributed by atoms with Crippen molar-refractivity contribution in [2.24, 2.45) is 5.92 Å². The smallest absolute Gasteiger partial charge is 0.241 e. The van der Waals surface area contributed by atoms with E-state index in [9.17, 15) is 19.2 Å². The predicted molar refractivity (Wildman–Crippen MR) is 233 cm³/mol. The highest BCUT2D eigenvalue weighted by Crippen LogP contribution is 2.20. The van der Waals surface area contributed by atoms with E-state index in [1.54, 1.807) is 0 Å². The molecule has 4 amide bonds. The first-order valence-corrected chi connectivity index (χ1v) is 24.0. The Morgan fingerprint density at radius 2 is 0.943 bits per heavy atom. The fourth-order valence-electron chi connectivity index (χ4n) is 5.98. The lowest BCUT2D eigenvalue weighted by Crippen LogP contribution is -2.53. The highest BCUT2D eigenvalue weighted by atomic mass is 32.2. The lowest BCUT2D eigenvalue weighted by molar-refractivity contribution is -0.137. The second kappa shape index (κ2) is 27.7. The van der Waals surface area contributed by atoms with Crippen molar-refractivity contribution < 1.29 is 19.2 Å². The number of carbonyl (C=O) groups is 4. The maximum atomic E-state index is 12.1. The molecule has 0 radical (unpaired) electrons. The van der Waals surface area contributed by atoms with E-state index in [-0.39, 0.29) is 53.3 Å². The number of likely N-dealkylation sites (N-methyl/N-ethyl adjacent to an activating group) is 5. The molecule has 4 saturated heterocycles. The molecule has 0 saturated carbocycles. The van der Waals surface area contributed by atoms with Crippen molar-refractivity contribution >= 4 is 70.7 Å². The summed E-state index contributed by atoms with van der Waals surface area (Å²) in [6.07, 6.45) is 1.05. The highest BCUT2D eigenvalue weighted by molar-refractivity contribution is 8.00. The molecule has 0 spiro atoms. The first kappa shape index (κ1) is 50.1. The second-order valence-corrected chi connectivity index (χ2v) is 19.3. The predicted octanol–water partition coefficient (Wildman–Crippen LogP) is 2.48. The first-order valence-electron chi connectivity index (χ1n) is 19.4.